The molecule has 0 amide bonds. The van der Waals surface area contributed by atoms with Gasteiger partial charge in [-0.25, -0.2) is 4.98 Å². The summed E-state index contributed by atoms with van der Waals surface area (Å²) in [5.41, 5.74) is 3.27. The molecule has 4 nitrogen and oxygen atoms in total. The molecule has 0 aliphatic carbocycles. The van der Waals surface area contributed by atoms with Crippen LogP contribution in [0.1, 0.15) is 12.8 Å². The van der Waals surface area contributed by atoms with Crippen LogP contribution in [0, 0.1) is 0 Å². The summed E-state index contributed by atoms with van der Waals surface area (Å²) in [7, 11) is 0. The lowest BCUT2D eigenvalue weighted by atomic mass is 10.2. The topological polar surface area (TPSA) is 30.3 Å². The number of hydrogen-bond acceptors (Lipinski definition) is 3. The van der Waals surface area contributed by atoms with Gasteiger partial charge < -0.3 is 14.2 Å². The largest absolute Gasteiger partial charge is 0.494 e. The second-order valence-electron chi connectivity index (χ2n) is 7.14. The maximum absolute atomic E-state index is 5.95. The van der Waals surface area contributed by atoms with Crippen molar-refractivity contribution in [3.05, 3.63) is 100 Å². The van der Waals surface area contributed by atoms with Crippen LogP contribution < -0.4 is 9.64 Å². The molecule has 0 atom stereocenters. The maximum Gasteiger partial charge on any atom is 0.119 e. The van der Waals surface area contributed by atoms with Crippen LogP contribution in [0.15, 0.2) is 100 Å². The first-order valence-electron chi connectivity index (χ1n) is 10.2. The number of imidazole rings is 1. The highest BCUT2D eigenvalue weighted by atomic mass is 79.9. The van der Waals surface area contributed by atoms with Crippen molar-refractivity contribution < 1.29 is 4.74 Å². The van der Waals surface area contributed by atoms with Crippen LogP contribution >= 0.6 is 31.9 Å². The molecule has 6 heteroatoms. The van der Waals surface area contributed by atoms with Crippen LogP contribution in [0.4, 0.5) is 17.1 Å². The van der Waals surface area contributed by atoms with E-state index in [-0.39, 0.29) is 0 Å². The van der Waals surface area contributed by atoms with Crippen molar-refractivity contribution in [3.63, 3.8) is 0 Å². The Labute approximate surface area is 199 Å². The third kappa shape index (κ3) is 5.99. The molecule has 4 aromatic rings. The van der Waals surface area contributed by atoms with Gasteiger partial charge in [-0.2, -0.15) is 0 Å². The second-order valence-corrected chi connectivity index (χ2v) is 8.97. The fraction of sp³-hybridized carbons (Fsp3) is 0.160. The van der Waals surface area contributed by atoms with E-state index in [9.17, 15) is 0 Å². The summed E-state index contributed by atoms with van der Waals surface area (Å²) in [4.78, 5) is 6.30. The number of halogens is 2. The van der Waals surface area contributed by atoms with Gasteiger partial charge in [0.1, 0.15) is 5.75 Å². The van der Waals surface area contributed by atoms with Crippen LogP contribution in [0.5, 0.6) is 5.75 Å². The van der Waals surface area contributed by atoms with Gasteiger partial charge in [0, 0.05) is 44.9 Å². The van der Waals surface area contributed by atoms with E-state index in [4.69, 9.17) is 4.74 Å². The number of anilines is 3. The number of aromatic nitrogens is 2. The zero-order valence-corrected chi connectivity index (χ0v) is 20.2. The van der Waals surface area contributed by atoms with Crippen molar-refractivity contribution in [2.75, 3.05) is 11.5 Å². The molecule has 0 N–H and O–H groups in total. The Bertz CT molecular complexity index is 1020. The maximum atomic E-state index is 5.95. The van der Waals surface area contributed by atoms with Gasteiger partial charge in [0.25, 0.3) is 0 Å². The highest BCUT2D eigenvalue weighted by Gasteiger charge is 2.12. The quantitative estimate of drug-likeness (QED) is 0.203. The molecule has 0 saturated heterocycles. The van der Waals surface area contributed by atoms with E-state index in [1.165, 1.54) is 0 Å². The van der Waals surface area contributed by atoms with Gasteiger partial charge in [0.2, 0.25) is 0 Å². The van der Waals surface area contributed by atoms with Gasteiger partial charge in [0.15, 0.2) is 0 Å². The number of rotatable bonds is 9. The lowest BCUT2D eigenvalue weighted by molar-refractivity contribution is 0.303. The number of nitrogens with zero attached hydrogens (tertiary/aromatic N) is 3. The van der Waals surface area contributed by atoms with E-state index in [1.54, 1.807) is 0 Å². The van der Waals surface area contributed by atoms with Crippen LogP contribution in [0.3, 0.4) is 0 Å². The van der Waals surface area contributed by atoms with Gasteiger partial charge >= 0.3 is 0 Å². The Morgan fingerprint density at radius 1 is 0.742 bits per heavy atom. The average Bonchev–Trinajstić information content (AvgIpc) is 3.31. The van der Waals surface area contributed by atoms with Gasteiger partial charge in [-0.05, 0) is 85.6 Å². The molecular formula is C25H23Br2N3O. The fourth-order valence-electron chi connectivity index (χ4n) is 3.32. The fourth-order valence-corrected chi connectivity index (χ4v) is 3.85. The first-order chi connectivity index (χ1) is 15.2. The molecule has 0 unspecified atom stereocenters. The van der Waals surface area contributed by atoms with Crippen LogP contribution in [-0.2, 0) is 6.54 Å². The van der Waals surface area contributed by atoms with Crippen LogP contribution in [-0.4, -0.2) is 16.2 Å². The van der Waals surface area contributed by atoms with E-state index in [0.29, 0.717) is 6.61 Å². The molecule has 0 bridgehead atoms. The minimum atomic E-state index is 0.706. The van der Waals surface area contributed by atoms with E-state index in [0.717, 1.165) is 51.1 Å². The van der Waals surface area contributed by atoms with Gasteiger partial charge in [-0.15, -0.1) is 0 Å². The number of unbranched alkanes of at least 4 members (excludes halogenated alkanes) is 1. The molecule has 0 aliphatic rings. The van der Waals surface area contributed by atoms with E-state index < -0.39 is 0 Å². The Morgan fingerprint density at radius 3 is 1.81 bits per heavy atom. The Morgan fingerprint density at radius 2 is 1.29 bits per heavy atom. The second kappa shape index (κ2) is 10.6. The standard InChI is InChI=1S/C25H23Br2N3O/c26-20-3-7-22(8-4-20)30(23-9-5-21(27)6-10-23)24-11-13-25(14-12-24)31-18-2-1-16-29-17-15-28-19-29/h3-15,17,19H,1-2,16,18H2. The van der Waals surface area contributed by atoms with Crippen molar-refractivity contribution in [1.29, 1.82) is 0 Å². The molecule has 0 radical (unpaired) electrons. The molecule has 1 heterocycles. The Hall–Kier alpha value is -2.57. The predicted octanol–water partition coefficient (Wildman–Crippen LogP) is 7.74. The SMILES string of the molecule is Brc1ccc(N(c2ccc(Br)cc2)c2ccc(OCCCCn3ccnc3)cc2)cc1. The molecular weight excluding hydrogens is 518 g/mol. The molecule has 158 valence electrons. The summed E-state index contributed by atoms with van der Waals surface area (Å²) in [5, 5.41) is 0. The third-order valence-electron chi connectivity index (χ3n) is 4.90. The first-order valence-corrected chi connectivity index (χ1v) is 11.8. The number of hydrogen-bond donors (Lipinski definition) is 0. The summed E-state index contributed by atoms with van der Waals surface area (Å²) in [6, 6.07) is 24.9. The minimum Gasteiger partial charge on any atom is -0.494 e. The van der Waals surface area contributed by atoms with Gasteiger partial charge in [-0.3, -0.25) is 0 Å². The van der Waals surface area contributed by atoms with Crippen molar-refractivity contribution in [2.24, 2.45) is 0 Å². The first kappa shape index (κ1) is 21.7. The van der Waals surface area contributed by atoms with Gasteiger partial charge in [0.05, 0.1) is 12.9 Å². The van der Waals surface area contributed by atoms with E-state index >= 15 is 0 Å². The Balaban J connectivity index is 1.43. The molecule has 3 aromatic carbocycles. The number of ether oxygens (including phenoxy) is 1. The van der Waals surface area contributed by atoms with Crippen LogP contribution in [0.2, 0.25) is 0 Å². The smallest absolute Gasteiger partial charge is 0.119 e. The predicted molar refractivity (Wildman–Crippen MR) is 133 cm³/mol. The highest BCUT2D eigenvalue weighted by molar-refractivity contribution is 9.10. The summed E-state index contributed by atoms with van der Waals surface area (Å²) < 4.78 is 10.2. The van der Waals surface area contributed by atoms with Crippen molar-refractivity contribution in [3.8, 4) is 5.75 Å². The zero-order valence-electron chi connectivity index (χ0n) is 17.0. The summed E-state index contributed by atoms with van der Waals surface area (Å²) >= 11 is 7.05. The van der Waals surface area contributed by atoms with Gasteiger partial charge in [-0.1, -0.05) is 31.9 Å². The number of benzene rings is 3. The monoisotopic (exact) mass is 539 g/mol. The summed E-state index contributed by atoms with van der Waals surface area (Å²) in [6.07, 6.45) is 7.72. The average molecular weight is 541 g/mol. The molecule has 0 aliphatic heterocycles. The molecule has 0 spiro atoms. The molecule has 0 fully saturated rings. The molecule has 1 aromatic heterocycles. The Kier molecular flexibility index (Phi) is 7.43. The normalized spacial score (nSPS) is 10.8. The summed E-state index contributed by atoms with van der Waals surface area (Å²) in [5.74, 6) is 0.887. The van der Waals surface area contributed by atoms with Crippen molar-refractivity contribution in [2.45, 2.75) is 19.4 Å². The summed E-state index contributed by atoms with van der Waals surface area (Å²) in [6.45, 7) is 1.68. The minimum absolute atomic E-state index is 0.706. The third-order valence-corrected chi connectivity index (χ3v) is 5.96. The van der Waals surface area contributed by atoms with Crippen molar-refractivity contribution >= 4 is 48.9 Å². The molecule has 31 heavy (non-hydrogen) atoms. The van der Waals surface area contributed by atoms with Crippen molar-refractivity contribution in [1.82, 2.24) is 9.55 Å². The number of aryl methyl sites for hydroxylation is 1. The van der Waals surface area contributed by atoms with E-state index in [1.807, 2.05) is 30.9 Å². The lowest BCUT2D eigenvalue weighted by Gasteiger charge is -2.25. The zero-order chi connectivity index (χ0) is 21.5. The molecule has 4 rings (SSSR count). The lowest BCUT2D eigenvalue weighted by Crippen LogP contribution is -2.09. The molecule has 0 saturated carbocycles. The van der Waals surface area contributed by atoms with Crippen LogP contribution in [0.25, 0.3) is 0 Å². The van der Waals surface area contributed by atoms with E-state index in [2.05, 4.69) is 107 Å². The highest BCUT2D eigenvalue weighted by Crippen LogP contribution is 2.36.